The number of hydrogen-bond acceptors (Lipinski definition) is 4. The maximum atomic E-state index is 11.0. The van der Waals surface area contributed by atoms with Crippen molar-refractivity contribution in [2.75, 3.05) is 7.11 Å². The van der Waals surface area contributed by atoms with E-state index in [1.807, 2.05) is 0 Å². The Morgan fingerprint density at radius 2 is 2.08 bits per heavy atom. The SMILES string of the molecule is COC(=O)c1ccc(O)c(Cl)c1O. The Balaban J connectivity index is 3.26. The van der Waals surface area contributed by atoms with Gasteiger partial charge in [0, 0.05) is 0 Å². The summed E-state index contributed by atoms with van der Waals surface area (Å²) in [6.45, 7) is 0. The highest BCUT2D eigenvalue weighted by atomic mass is 35.5. The van der Waals surface area contributed by atoms with Gasteiger partial charge < -0.3 is 14.9 Å². The predicted octanol–water partition coefficient (Wildman–Crippen LogP) is 1.54. The van der Waals surface area contributed by atoms with Gasteiger partial charge in [-0.15, -0.1) is 0 Å². The van der Waals surface area contributed by atoms with Crippen LogP contribution >= 0.6 is 11.6 Å². The quantitative estimate of drug-likeness (QED) is 0.678. The number of phenolic OH excluding ortho intramolecular Hbond substituents is 2. The van der Waals surface area contributed by atoms with Crippen molar-refractivity contribution in [2.45, 2.75) is 0 Å². The second-order valence-electron chi connectivity index (χ2n) is 2.29. The number of esters is 1. The summed E-state index contributed by atoms with van der Waals surface area (Å²) < 4.78 is 4.37. The van der Waals surface area contributed by atoms with E-state index in [1.165, 1.54) is 19.2 Å². The molecule has 0 fully saturated rings. The fourth-order valence-corrected chi connectivity index (χ4v) is 0.993. The summed E-state index contributed by atoms with van der Waals surface area (Å²) in [7, 11) is 1.18. The molecule has 0 aromatic heterocycles. The third kappa shape index (κ3) is 1.67. The molecule has 0 atom stereocenters. The summed E-state index contributed by atoms with van der Waals surface area (Å²) >= 11 is 5.48. The highest BCUT2D eigenvalue weighted by Crippen LogP contribution is 2.35. The van der Waals surface area contributed by atoms with Crippen LogP contribution in [0.5, 0.6) is 11.5 Å². The zero-order valence-corrected chi connectivity index (χ0v) is 7.50. The lowest BCUT2D eigenvalue weighted by atomic mass is 10.2. The molecule has 1 aromatic rings. The van der Waals surface area contributed by atoms with Gasteiger partial charge in [0.15, 0.2) is 5.75 Å². The van der Waals surface area contributed by atoms with Crippen LogP contribution in [0.3, 0.4) is 0 Å². The highest BCUT2D eigenvalue weighted by Gasteiger charge is 2.16. The minimum atomic E-state index is -0.709. The largest absolute Gasteiger partial charge is 0.506 e. The van der Waals surface area contributed by atoms with Gasteiger partial charge in [-0.2, -0.15) is 0 Å². The van der Waals surface area contributed by atoms with Crippen molar-refractivity contribution in [3.05, 3.63) is 22.7 Å². The number of carbonyl (C=O) groups is 1. The van der Waals surface area contributed by atoms with Crippen molar-refractivity contribution in [1.29, 1.82) is 0 Å². The van der Waals surface area contributed by atoms with Gasteiger partial charge in [-0.1, -0.05) is 11.6 Å². The van der Waals surface area contributed by atoms with E-state index in [-0.39, 0.29) is 16.3 Å². The first-order valence-electron chi connectivity index (χ1n) is 3.36. The maximum Gasteiger partial charge on any atom is 0.341 e. The summed E-state index contributed by atoms with van der Waals surface area (Å²) in [5, 5.41) is 18.1. The van der Waals surface area contributed by atoms with Gasteiger partial charge in [0.25, 0.3) is 0 Å². The average Bonchev–Trinajstić information content (AvgIpc) is 2.13. The van der Waals surface area contributed by atoms with E-state index < -0.39 is 11.7 Å². The van der Waals surface area contributed by atoms with Crippen LogP contribution in [0.15, 0.2) is 12.1 Å². The number of rotatable bonds is 1. The van der Waals surface area contributed by atoms with E-state index in [9.17, 15) is 9.90 Å². The Morgan fingerprint density at radius 1 is 1.46 bits per heavy atom. The Hall–Kier alpha value is -1.42. The van der Waals surface area contributed by atoms with Crippen molar-refractivity contribution < 1.29 is 19.7 Å². The van der Waals surface area contributed by atoms with Crippen molar-refractivity contribution in [3.63, 3.8) is 0 Å². The van der Waals surface area contributed by atoms with Gasteiger partial charge in [-0.05, 0) is 12.1 Å². The zero-order valence-electron chi connectivity index (χ0n) is 6.74. The molecule has 2 N–H and O–H groups in total. The number of hydrogen-bond donors (Lipinski definition) is 2. The van der Waals surface area contributed by atoms with Crippen LogP contribution in [0, 0.1) is 0 Å². The van der Waals surface area contributed by atoms with Crippen LogP contribution in [-0.4, -0.2) is 23.3 Å². The topological polar surface area (TPSA) is 66.8 Å². The minimum absolute atomic E-state index is 0.0784. The minimum Gasteiger partial charge on any atom is -0.506 e. The first kappa shape index (κ1) is 9.67. The third-order valence-corrected chi connectivity index (χ3v) is 1.87. The van der Waals surface area contributed by atoms with E-state index in [4.69, 9.17) is 16.7 Å². The van der Waals surface area contributed by atoms with Gasteiger partial charge >= 0.3 is 5.97 Å². The van der Waals surface area contributed by atoms with Gasteiger partial charge in [0.05, 0.1) is 7.11 Å². The summed E-state index contributed by atoms with van der Waals surface area (Å²) in [5.74, 6) is -1.47. The lowest BCUT2D eigenvalue weighted by molar-refractivity contribution is 0.0597. The fraction of sp³-hybridized carbons (Fsp3) is 0.125. The van der Waals surface area contributed by atoms with Crippen molar-refractivity contribution in [1.82, 2.24) is 0 Å². The molecule has 0 aliphatic rings. The summed E-state index contributed by atoms with van der Waals surface area (Å²) in [6, 6.07) is 2.43. The van der Waals surface area contributed by atoms with Crippen LogP contribution in [0.2, 0.25) is 5.02 Å². The predicted molar refractivity (Wildman–Crippen MR) is 46.1 cm³/mol. The molecule has 1 aromatic carbocycles. The lowest BCUT2D eigenvalue weighted by Crippen LogP contribution is -2.01. The molecule has 0 amide bonds. The summed E-state index contributed by atoms with van der Waals surface area (Å²) in [5.41, 5.74) is -0.0784. The molecule has 13 heavy (non-hydrogen) atoms. The van der Waals surface area contributed by atoms with E-state index in [2.05, 4.69) is 4.74 Å². The monoisotopic (exact) mass is 202 g/mol. The van der Waals surface area contributed by atoms with E-state index in [1.54, 1.807) is 0 Å². The average molecular weight is 203 g/mol. The van der Waals surface area contributed by atoms with Gasteiger partial charge in [-0.3, -0.25) is 0 Å². The smallest absolute Gasteiger partial charge is 0.341 e. The van der Waals surface area contributed by atoms with Gasteiger partial charge in [-0.25, -0.2) is 4.79 Å². The van der Waals surface area contributed by atoms with Crippen LogP contribution in [0.4, 0.5) is 0 Å². The molecule has 0 unspecified atom stereocenters. The molecule has 70 valence electrons. The molecule has 0 bridgehead atoms. The van der Waals surface area contributed by atoms with Gasteiger partial charge in [0.2, 0.25) is 0 Å². The van der Waals surface area contributed by atoms with E-state index >= 15 is 0 Å². The van der Waals surface area contributed by atoms with Crippen molar-refractivity contribution in [3.8, 4) is 11.5 Å². The van der Waals surface area contributed by atoms with Crippen LogP contribution in [0.1, 0.15) is 10.4 Å². The molecule has 0 heterocycles. The molecule has 0 aliphatic carbocycles. The van der Waals surface area contributed by atoms with Crippen LogP contribution < -0.4 is 0 Å². The molecule has 0 radical (unpaired) electrons. The molecule has 0 saturated heterocycles. The number of methoxy groups -OCH3 is 1. The third-order valence-electron chi connectivity index (χ3n) is 1.50. The number of halogens is 1. The van der Waals surface area contributed by atoms with Crippen molar-refractivity contribution in [2.24, 2.45) is 0 Å². The second-order valence-corrected chi connectivity index (χ2v) is 2.66. The molecule has 5 heteroatoms. The number of ether oxygens (including phenoxy) is 1. The van der Waals surface area contributed by atoms with E-state index in [0.717, 1.165) is 0 Å². The Morgan fingerprint density at radius 3 is 2.62 bits per heavy atom. The molecule has 0 aliphatic heterocycles. The number of benzene rings is 1. The first-order valence-corrected chi connectivity index (χ1v) is 3.74. The molecule has 0 spiro atoms. The Bertz CT molecular complexity index is 348. The highest BCUT2D eigenvalue weighted by molar-refractivity contribution is 6.34. The normalized spacial score (nSPS) is 9.69. The summed E-state index contributed by atoms with van der Waals surface area (Å²) in [6.07, 6.45) is 0. The first-order chi connectivity index (χ1) is 6.07. The zero-order chi connectivity index (χ0) is 10.0. The second kappa shape index (κ2) is 3.53. The molecule has 0 saturated carbocycles. The fourth-order valence-electron chi connectivity index (χ4n) is 0.829. The van der Waals surface area contributed by atoms with Crippen molar-refractivity contribution >= 4 is 17.6 Å². The summed E-state index contributed by atoms with van der Waals surface area (Å²) in [4.78, 5) is 11.0. The molecular weight excluding hydrogens is 196 g/mol. The van der Waals surface area contributed by atoms with Crippen LogP contribution in [0.25, 0.3) is 0 Å². The number of phenols is 2. The van der Waals surface area contributed by atoms with Crippen LogP contribution in [-0.2, 0) is 4.74 Å². The Kier molecular flexibility index (Phi) is 2.63. The number of aromatic hydroxyl groups is 2. The molecular formula is C8H7ClO4. The van der Waals surface area contributed by atoms with E-state index in [0.29, 0.717) is 0 Å². The maximum absolute atomic E-state index is 11.0. The molecule has 4 nitrogen and oxygen atoms in total. The lowest BCUT2D eigenvalue weighted by Gasteiger charge is -2.04. The Labute approximate surface area is 79.3 Å². The van der Waals surface area contributed by atoms with Gasteiger partial charge in [0.1, 0.15) is 16.3 Å². The molecule has 1 rings (SSSR count). The standard InChI is InChI=1S/C8H7ClO4/c1-13-8(12)4-2-3-5(10)6(9)7(4)11/h2-3,10-11H,1H3. The number of carbonyl (C=O) groups excluding carboxylic acids is 1.